The maximum Gasteiger partial charge on any atom is 0.239 e. The number of rotatable bonds is 3. The van der Waals surface area contributed by atoms with Crippen molar-refractivity contribution in [3.63, 3.8) is 0 Å². The van der Waals surface area contributed by atoms with E-state index in [9.17, 15) is 4.79 Å². The van der Waals surface area contributed by atoms with E-state index >= 15 is 0 Å². The van der Waals surface area contributed by atoms with E-state index in [-0.39, 0.29) is 11.7 Å². The Bertz CT molecular complexity index is 330. The van der Waals surface area contributed by atoms with Crippen molar-refractivity contribution < 1.29 is 9.90 Å². The van der Waals surface area contributed by atoms with Gasteiger partial charge in [0.25, 0.3) is 0 Å². The van der Waals surface area contributed by atoms with Crippen molar-refractivity contribution in [3.8, 4) is 5.75 Å². The Morgan fingerprint density at radius 2 is 2.14 bits per heavy atom. The standard InChI is InChI=1S/C10H12N2O2/c1-2-10(14)12-11-7-8-3-5-9(13)6-4-8/h3-7,13H,2H2,1H3,(H,12,14)/b11-7+. The van der Waals surface area contributed by atoms with Crippen molar-refractivity contribution in [1.82, 2.24) is 5.43 Å². The van der Waals surface area contributed by atoms with Gasteiger partial charge >= 0.3 is 0 Å². The summed E-state index contributed by atoms with van der Waals surface area (Å²) in [6.45, 7) is 1.76. The minimum Gasteiger partial charge on any atom is -0.508 e. The number of hydrogen-bond donors (Lipinski definition) is 2. The minimum atomic E-state index is -0.125. The SMILES string of the molecule is CCC(=O)N/N=C/c1ccc(O)cc1. The van der Waals surface area contributed by atoms with Crippen LogP contribution in [-0.4, -0.2) is 17.2 Å². The number of phenols is 1. The summed E-state index contributed by atoms with van der Waals surface area (Å²) < 4.78 is 0. The van der Waals surface area contributed by atoms with Crippen LogP contribution in [0.25, 0.3) is 0 Å². The molecule has 0 saturated heterocycles. The molecule has 1 amide bonds. The Morgan fingerprint density at radius 3 is 2.71 bits per heavy atom. The molecule has 1 aromatic rings. The van der Waals surface area contributed by atoms with E-state index in [0.717, 1.165) is 5.56 Å². The molecule has 4 heteroatoms. The Hall–Kier alpha value is -1.84. The number of nitrogens with zero attached hydrogens (tertiary/aromatic N) is 1. The molecule has 0 aliphatic carbocycles. The van der Waals surface area contributed by atoms with E-state index in [1.54, 1.807) is 31.2 Å². The van der Waals surface area contributed by atoms with Gasteiger partial charge in [-0.3, -0.25) is 4.79 Å². The fourth-order valence-corrected chi connectivity index (χ4v) is 0.818. The van der Waals surface area contributed by atoms with Gasteiger partial charge in [0.2, 0.25) is 5.91 Å². The predicted molar refractivity (Wildman–Crippen MR) is 54.1 cm³/mol. The van der Waals surface area contributed by atoms with Crippen LogP contribution in [0.4, 0.5) is 0 Å². The predicted octanol–water partition coefficient (Wildman–Crippen LogP) is 1.25. The Morgan fingerprint density at radius 1 is 1.50 bits per heavy atom. The van der Waals surface area contributed by atoms with Gasteiger partial charge in [0.05, 0.1) is 6.21 Å². The van der Waals surface area contributed by atoms with Crippen LogP contribution < -0.4 is 5.43 Å². The summed E-state index contributed by atoms with van der Waals surface area (Å²) in [4.78, 5) is 10.8. The molecular formula is C10H12N2O2. The van der Waals surface area contributed by atoms with Gasteiger partial charge in [-0.25, -0.2) is 5.43 Å². The zero-order valence-corrected chi connectivity index (χ0v) is 7.90. The molecule has 0 aliphatic rings. The molecule has 2 N–H and O–H groups in total. The number of phenolic OH excluding ortho intramolecular Hbond substituents is 1. The second kappa shape index (κ2) is 5.01. The molecule has 0 heterocycles. The third-order valence-corrected chi connectivity index (χ3v) is 1.62. The molecule has 1 rings (SSSR count). The number of aromatic hydroxyl groups is 1. The molecule has 0 fully saturated rings. The number of nitrogens with one attached hydrogen (secondary N) is 1. The minimum absolute atomic E-state index is 0.125. The average molecular weight is 192 g/mol. The summed E-state index contributed by atoms with van der Waals surface area (Å²) >= 11 is 0. The summed E-state index contributed by atoms with van der Waals surface area (Å²) in [5.74, 6) is 0.0831. The maximum absolute atomic E-state index is 10.8. The van der Waals surface area contributed by atoms with Gasteiger partial charge in [0.15, 0.2) is 0 Å². The number of amides is 1. The summed E-state index contributed by atoms with van der Waals surface area (Å²) in [5, 5.41) is 12.7. The van der Waals surface area contributed by atoms with Crippen LogP contribution in [0.1, 0.15) is 18.9 Å². The molecule has 0 unspecified atom stereocenters. The zero-order chi connectivity index (χ0) is 10.4. The highest BCUT2D eigenvalue weighted by molar-refractivity contribution is 5.82. The van der Waals surface area contributed by atoms with Crippen molar-refractivity contribution in [2.75, 3.05) is 0 Å². The van der Waals surface area contributed by atoms with Gasteiger partial charge in [-0.15, -0.1) is 0 Å². The van der Waals surface area contributed by atoms with E-state index in [0.29, 0.717) is 6.42 Å². The topological polar surface area (TPSA) is 61.7 Å². The monoisotopic (exact) mass is 192 g/mol. The zero-order valence-electron chi connectivity index (χ0n) is 7.90. The maximum atomic E-state index is 10.8. The van der Waals surface area contributed by atoms with Crippen LogP contribution in [0, 0.1) is 0 Å². The van der Waals surface area contributed by atoms with Crippen LogP contribution in [0.2, 0.25) is 0 Å². The Balaban J connectivity index is 2.52. The summed E-state index contributed by atoms with van der Waals surface area (Å²) in [5.41, 5.74) is 3.18. The number of hydrazone groups is 1. The van der Waals surface area contributed by atoms with Crippen molar-refractivity contribution in [3.05, 3.63) is 29.8 Å². The lowest BCUT2D eigenvalue weighted by Crippen LogP contribution is -2.15. The summed E-state index contributed by atoms with van der Waals surface area (Å²) in [6, 6.07) is 6.53. The lowest BCUT2D eigenvalue weighted by Gasteiger charge is -1.95. The molecule has 0 saturated carbocycles. The highest BCUT2D eigenvalue weighted by atomic mass is 16.3. The number of carbonyl (C=O) groups excluding carboxylic acids is 1. The first-order valence-corrected chi connectivity index (χ1v) is 4.33. The lowest BCUT2D eigenvalue weighted by atomic mass is 10.2. The van der Waals surface area contributed by atoms with Crippen molar-refractivity contribution >= 4 is 12.1 Å². The highest BCUT2D eigenvalue weighted by Crippen LogP contribution is 2.07. The van der Waals surface area contributed by atoms with Crippen LogP contribution in [0.15, 0.2) is 29.4 Å². The van der Waals surface area contributed by atoms with E-state index in [1.165, 1.54) is 6.21 Å². The largest absolute Gasteiger partial charge is 0.508 e. The van der Waals surface area contributed by atoms with Crippen LogP contribution in [0.5, 0.6) is 5.75 Å². The van der Waals surface area contributed by atoms with E-state index in [1.807, 2.05) is 0 Å². The first-order chi connectivity index (χ1) is 6.72. The van der Waals surface area contributed by atoms with Gasteiger partial charge in [0, 0.05) is 6.42 Å². The van der Waals surface area contributed by atoms with Gasteiger partial charge < -0.3 is 5.11 Å². The van der Waals surface area contributed by atoms with Crippen molar-refractivity contribution in [2.24, 2.45) is 5.10 Å². The molecule has 0 spiro atoms. The van der Waals surface area contributed by atoms with Crippen molar-refractivity contribution in [2.45, 2.75) is 13.3 Å². The average Bonchev–Trinajstić information content (AvgIpc) is 2.21. The van der Waals surface area contributed by atoms with E-state index in [4.69, 9.17) is 5.11 Å². The smallest absolute Gasteiger partial charge is 0.239 e. The van der Waals surface area contributed by atoms with Gasteiger partial charge in [-0.1, -0.05) is 6.92 Å². The van der Waals surface area contributed by atoms with Gasteiger partial charge in [0.1, 0.15) is 5.75 Å². The Kier molecular flexibility index (Phi) is 3.67. The molecule has 0 radical (unpaired) electrons. The van der Waals surface area contributed by atoms with E-state index < -0.39 is 0 Å². The molecule has 4 nitrogen and oxygen atoms in total. The molecule has 0 atom stereocenters. The van der Waals surface area contributed by atoms with Crippen LogP contribution in [0.3, 0.4) is 0 Å². The van der Waals surface area contributed by atoms with Crippen LogP contribution >= 0.6 is 0 Å². The fourth-order valence-electron chi connectivity index (χ4n) is 0.818. The molecule has 0 bridgehead atoms. The molecule has 74 valence electrons. The second-order valence-electron chi connectivity index (χ2n) is 2.74. The first-order valence-electron chi connectivity index (χ1n) is 4.33. The van der Waals surface area contributed by atoms with Gasteiger partial charge in [-0.2, -0.15) is 5.10 Å². The number of hydrogen-bond acceptors (Lipinski definition) is 3. The molecule has 1 aromatic carbocycles. The Labute approximate surface area is 82.3 Å². The fraction of sp³-hybridized carbons (Fsp3) is 0.200. The number of carbonyl (C=O) groups is 1. The molecule has 14 heavy (non-hydrogen) atoms. The van der Waals surface area contributed by atoms with Crippen LogP contribution in [-0.2, 0) is 4.79 Å². The van der Waals surface area contributed by atoms with Crippen molar-refractivity contribution in [1.29, 1.82) is 0 Å². The quantitative estimate of drug-likeness (QED) is 0.559. The second-order valence-corrected chi connectivity index (χ2v) is 2.74. The molecule has 0 aliphatic heterocycles. The lowest BCUT2D eigenvalue weighted by molar-refractivity contribution is -0.120. The first kappa shape index (κ1) is 10.2. The van der Waals surface area contributed by atoms with E-state index in [2.05, 4.69) is 10.5 Å². The number of benzene rings is 1. The highest BCUT2D eigenvalue weighted by Gasteiger charge is 1.92. The molecular weight excluding hydrogens is 180 g/mol. The third kappa shape index (κ3) is 3.26. The normalized spacial score (nSPS) is 10.4. The summed E-state index contributed by atoms with van der Waals surface area (Å²) in [6.07, 6.45) is 1.93. The third-order valence-electron chi connectivity index (χ3n) is 1.62. The van der Waals surface area contributed by atoms with Gasteiger partial charge in [-0.05, 0) is 29.8 Å². The summed E-state index contributed by atoms with van der Waals surface area (Å²) in [7, 11) is 0. The molecule has 0 aromatic heterocycles.